The Balaban J connectivity index is 2.88. The van der Waals surface area contributed by atoms with Crippen molar-refractivity contribution in [3.05, 3.63) is 22.7 Å². The first-order valence-corrected chi connectivity index (χ1v) is 5.93. The van der Waals surface area contributed by atoms with E-state index in [1.54, 1.807) is 0 Å². The standard InChI is InChI=1S/C12H19ClN2/c1-5-9(4)11-12(13)15-10(7-14-11)6-8(2)3/h7-9H,5-6H2,1-4H3. The van der Waals surface area contributed by atoms with Gasteiger partial charge in [0.15, 0.2) is 5.15 Å². The van der Waals surface area contributed by atoms with Gasteiger partial charge in [-0.2, -0.15) is 0 Å². The molecular weight excluding hydrogens is 208 g/mol. The molecule has 0 bridgehead atoms. The quantitative estimate of drug-likeness (QED) is 0.780. The van der Waals surface area contributed by atoms with Crippen molar-refractivity contribution in [3.63, 3.8) is 0 Å². The molecule has 1 atom stereocenters. The third kappa shape index (κ3) is 3.45. The lowest BCUT2D eigenvalue weighted by Crippen LogP contribution is -2.04. The van der Waals surface area contributed by atoms with Crippen LogP contribution in [-0.4, -0.2) is 9.97 Å². The third-order valence-electron chi connectivity index (χ3n) is 2.50. The summed E-state index contributed by atoms with van der Waals surface area (Å²) in [5.74, 6) is 0.975. The van der Waals surface area contributed by atoms with Crippen molar-refractivity contribution in [2.45, 2.75) is 46.5 Å². The molecule has 0 spiro atoms. The van der Waals surface area contributed by atoms with E-state index in [0.29, 0.717) is 17.0 Å². The fourth-order valence-corrected chi connectivity index (χ4v) is 1.79. The van der Waals surface area contributed by atoms with Crippen LogP contribution in [0.5, 0.6) is 0 Å². The Morgan fingerprint density at radius 2 is 2.00 bits per heavy atom. The average Bonchev–Trinajstić information content (AvgIpc) is 2.16. The van der Waals surface area contributed by atoms with E-state index in [9.17, 15) is 0 Å². The van der Waals surface area contributed by atoms with Gasteiger partial charge in [-0.25, -0.2) is 4.98 Å². The van der Waals surface area contributed by atoms with Crippen LogP contribution in [0.2, 0.25) is 5.15 Å². The highest BCUT2D eigenvalue weighted by Crippen LogP contribution is 2.23. The molecule has 1 rings (SSSR count). The summed E-state index contributed by atoms with van der Waals surface area (Å²) in [6.07, 6.45) is 3.83. The van der Waals surface area contributed by atoms with Gasteiger partial charge in [0.1, 0.15) is 0 Å². The second-order valence-electron chi connectivity index (χ2n) is 4.44. The number of aromatic nitrogens is 2. The Hall–Kier alpha value is -0.630. The first kappa shape index (κ1) is 12.4. The van der Waals surface area contributed by atoms with Gasteiger partial charge in [0.25, 0.3) is 0 Å². The van der Waals surface area contributed by atoms with E-state index in [4.69, 9.17) is 11.6 Å². The van der Waals surface area contributed by atoms with Crippen LogP contribution in [-0.2, 0) is 6.42 Å². The Labute approximate surface area is 97.1 Å². The maximum absolute atomic E-state index is 6.11. The van der Waals surface area contributed by atoms with Crippen LogP contribution >= 0.6 is 11.6 Å². The maximum atomic E-state index is 6.11. The van der Waals surface area contributed by atoms with Gasteiger partial charge >= 0.3 is 0 Å². The molecule has 3 heteroatoms. The zero-order valence-electron chi connectivity index (χ0n) is 9.92. The van der Waals surface area contributed by atoms with Gasteiger partial charge in [-0.05, 0) is 18.8 Å². The zero-order valence-corrected chi connectivity index (χ0v) is 10.7. The van der Waals surface area contributed by atoms with Crippen LogP contribution < -0.4 is 0 Å². The summed E-state index contributed by atoms with van der Waals surface area (Å²) in [6, 6.07) is 0. The lowest BCUT2D eigenvalue weighted by molar-refractivity contribution is 0.627. The highest BCUT2D eigenvalue weighted by molar-refractivity contribution is 6.30. The Kier molecular flexibility index (Phi) is 4.52. The van der Waals surface area contributed by atoms with Crippen molar-refractivity contribution in [1.29, 1.82) is 0 Å². The minimum absolute atomic E-state index is 0.387. The molecule has 1 unspecified atom stereocenters. The first-order valence-electron chi connectivity index (χ1n) is 5.55. The summed E-state index contributed by atoms with van der Waals surface area (Å²) >= 11 is 6.11. The highest BCUT2D eigenvalue weighted by atomic mass is 35.5. The topological polar surface area (TPSA) is 25.8 Å². The van der Waals surface area contributed by atoms with Crippen LogP contribution in [0.25, 0.3) is 0 Å². The zero-order chi connectivity index (χ0) is 11.4. The molecule has 15 heavy (non-hydrogen) atoms. The molecule has 2 nitrogen and oxygen atoms in total. The van der Waals surface area contributed by atoms with Gasteiger partial charge in [0.2, 0.25) is 0 Å². The number of rotatable bonds is 4. The molecule has 0 aromatic carbocycles. The molecule has 0 radical (unpaired) electrons. The molecule has 0 aliphatic carbocycles. The van der Waals surface area contributed by atoms with E-state index < -0.39 is 0 Å². The number of hydrogen-bond acceptors (Lipinski definition) is 2. The van der Waals surface area contributed by atoms with Crippen molar-refractivity contribution in [1.82, 2.24) is 9.97 Å². The second kappa shape index (κ2) is 5.45. The van der Waals surface area contributed by atoms with Crippen LogP contribution in [0.4, 0.5) is 0 Å². The fourth-order valence-electron chi connectivity index (χ4n) is 1.45. The minimum Gasteiger partial charge on any atom is -0.256 e. The van der Waals surface area contributed by atoms with E-state index in [0.717, 1.165) is 24.2 Å². The van der Waals surface area contributed by atoms with E-state index in [-0.39, 0.29) is 0 Å². The van der Waals surface area contributed by atoms with Crippen molar-refractivity contribution in [2.24, 2.45) is 5.92 Å². The van der Waals surface area contributed by atoms with Gasteiger partial charge in [0, 0.05) is 12.1 Å². The van der Waals surface area contributed by atoms with Crippen molar-refractivity contribution < 1.29 is 0 Å². The smallest absolute Gasteiger partial charge is 0.151 e. The largest absolute Gasteiger partial charge is 0.256 e. The Bertz CT molecular complexity index is 323. The van der Waals surface area contributed by atoms with Crippen molar-refractivity contribution in [3.8, 4) is 0 Å². The molecule has 0 aliphatic rings. The summed E-state index contributed by atoms with van der Waals surface area (Å²) in [6.45, 7) is 8.58. The summed E-state index contributed by atoms with van der Waals surface area (Å²) in [4.78, 5) is 8.79. The minimum atomic E-state index is 0.387. The molecule has 84 valence electrons. The normalized spacial score (nSPS) is 13.2. The maximum Gasteiger partial charge on any atom is 0.151 e. The number of halogens is 1. The molecule has 1 aromatic rings. The lowest BCUT2D eigenvalue weighted by atomic mass is 10.1. The Morgan fingerprint density at radius 1 is 1.33 bits per heavy atom. The lowest BCUT2D eigenvalue weighted by Gasteiger charge is -2.11. The predicted octanol–water partition coefficient (Wildman–Crippen LogP) is 3.84. The number of nitrogens with zero attached hydrogens (tertiary/aromatic N) is 2. The van der Waals surface area contributed by atoms with Gasteiger partial charge in [0.05, 0.1) is 11.4 Å². The third-order valence-corrected chi connectivity index (χ3v) is 2.78. The van der Waals surface area contributed by atoms with E-state index in [2.05, 4.69) is 37.7 Å². The van der Waals surface area contributed by atoms with Gasteiger partial charge in [-0.15, -0.1) is 0 Å². The molecule has 0 aliphatic heterocycles. The number of hydrogen-bond donors (Lipinski definition) is 0. The van der Waals surface area contributed by atoms with E-state index in [1.807, 2.05) is 6.20 Å². The molecular formula is C12H19ClN2. The summed E-state index contributed by atoms with van der Waals surface area (Å²) < 4.78 is 0. The van der Waals surface area contributed by atoms with Crippen molar-refractivity contribution in [2.75, 3.05) is 0 Å². The molecule has 1 heterocycles. The monoisotopic (exact) mass is 226 g/mol. The van der Waals surface area contributed by atoms with Crippen molar-refractivity contribution >= 4 is 11.6 Å². The fraction of sp³-hybridized carbons (Fsp3) is 0.667. The van der Waals surface area contributed by atoms with Gasteiger partial charge in [-0.1, -0.05) is 39.3 Å². The van der Waals surface area contributed by atoms with Gasteiger partial charge < -0.3 is 0 Å². The molecule has 1 aromatic heterocycles. The van der Waals surface area contributed by atoms with Crippen LogP contribution in [0.3, 0.4) is 0 Å². The SMILES string of the molecule is CCC(C)c1ncc(CC(C)C)nc1Cl. The molecule has 0 amide bonds. The van der Waals surface area contributed by atoms with Crippen LogP contribution in [0.1, 0.15) is 51.4 Å². The summed E-state index contributed by atoms with van der Waals surface area (Å²) in [7, 11) is 0. The second-order valence-corrected chi connectivity index (χ2v) is 4.80. The highest BCUT2D eigenvalue weighted by Gasteiger charge is 2.11. The molecule has 0 fully saturated rings. The molecule has 0 saturated heterocycles. The first-order chi connectivity index (χ1) is 7.04. The summed E-state index contributed by atoms with van der Waals surface area (Å²) in [5.41, 5.74) is 1.91. The molecule has 0 saturated carbocycles. The predicted molar refractivity (Wildman–Crippen MR) is 64.3 cm³/mol. The van der Waals surface area contributed by atoms with Crippen LogP contribution in [0.15, 0.2) is 6.20 Å². The van der Waals surface area contributed by atoms with Gasteiger partial charge in [-0.3, -0.25) is 4.98 Å². The Morgan fingerprint density at radius 3 is 2.47 bits per heavy atom. The summed E-state index contributed by atoms with van der Waals surface area (Å²) in [5, 5.41) is 0.572. The van der Waals surface area contributed by atoms with Crippen LogP contribution in [0, 0.1) is 5.92 Å². The van der Waals surface area contributed by atoms with E-state index >= 15 is 0 Å². The average molecular weight is 227 g/mol. The molecule has 0 N–H and O–H groups in total. The van der Waals surface area contributed by atoms with E-state index in [1.165, 1.54) is 0 Å².